The van der Waals surface area contributed by atoms with E-state index in [9.17, 15) is 62.6 Å². The van der Waals surface area contributed by atoms with E-state index in [1.165, 1.54) is 17.6 Å². The van der Waals surface area contributed by atoms with Crippen molar-refractivity contribution < 1.29 is 81.2 Å². The molecule has 3 aliphatic heterocycles. The maximum absolute atomic E-state index is 15.5. The van der Waals surface area contributed by atoms with E-state index >= 15 is 4.39 Å². The Morgan fingerprint density at radius 3 is 2.12 bits per heavy atom. The van der Waals surface area contributed by atoms with Crippen LogP contribution in [0.1, 0.15) is 113 Å². The maximum atomic E-state index is 15.5. The van der Waals surface area contributed by atoms with E-state index in [1.54, 1.807) is 91.8 Å². The van der Waals surface area contributed by atoms with Gasteiger partial charge in [0.05, 0.1) is 61.2 Å². The molecule has 0 unspecified atom stereocenters. The Morgan fingerprint density at radius 2 is 1.47 bits per heavy atom. The number of aliphatic hydroxyl groups is 1. The van der Waals surface area contributed by atoms with Gasteiger partial charge in [0.25, 0.3) is 17.4 Å². The van der Waals surface area contributed by atoms with E-state index in [2.05, 4.69) is 31.9 Å². The van der Waals surface area contributed by atoms with Gasteiger partial charge < -0.3 is 60.5 Å². The second-order valence-corrected chi connectivity index (χ2v) is 23.8. The average molecular weight is 1240 g/mol. The summed E-state index contributed by atoms with van der Waals surface area (Å²) in [6, 6.07) is 7.59. The Balaban J connectivity index is 0.851. The normalized spacial score (nSPS) is 17.4. The number of hydrogen-bond donors (Lipinski definition) is 7. The third-order valence-corrected chi connectivity index (χ3v) is 15.1. The Kier molecular flexibility index (Phi) is 19.5. The molecule has 28 heteroatoms. The highest BCUT2D eigenvalue weighted by Gasteiger charge is 2.46. The van der Waals surface area contributed by atoms with Crippen molar-refractivity contribution in [1.82, 2.24) is 51.3 Å². The van der Waals surface area contributed by atoms with E-state index in [0.717, 1.165) is 17.1 Å². The van der Waals surface area contributed by atoms with Crippen LogP contribution in [0.3, 0.4) is 0 Å². The van der Waals surface area contributed by atoms with Crippen LogP contribution in [0.5, 0.6) is 0 Å². The number of aryl methyl sites for hydroxylation is 1. The molecule has 9 amide bonds. The molecule has 7 N–H and O–H groups in total. The molecule has 4 aliphatic rings. The van der Waals surface area contributed by atoms with Crippen molar-refractivity contribution >= 4 is 76.2 Å². The average Bonchev–Trinajstić information content (AvgIpc) is 1.64. The van der Waals surface area contributed by atoms with Crippen LogP contribution in [0, 0.1) is 12.7 Å². The molecule has 5 atom stereocenters. The molecule has 4 aromatic rings. The highest BCUT2D eigenvalue weighted by atomic mass is 19.1. The third kappa shape index (κ3) is 14.9. The predicted molar refractivity (Wildman–Crippen MR) is 312 cm³/mol. The minimum Gasteiger partial charge on any atom is -0.459 e. The number of carbonyl (C=O) groups is 11. The molecule has 0 bridgehead atoms. The Morgan fingerprint density at radius 1 is 0.831 bits per heavy atom. The fraction of sp³-hybridized carbons (Fsp3) is 0.459. The van der Waals surface area contributed by atoms with E-state index in [-0.39, 0.29) is 42.6 Å². The van der Waals surface area contributed by atoms with Crippen LogP contribution in [-0.4, -0.2) is 159 Å². The lowest BCUT2D eigenvalue weighted by Gasteiger charge is -2.32. The van der Waals surface area contributed by atoms with Crippen molar-refractivity contribution in [2.24, 2.45) is 0 Å². The number of fused-ring (bicyclic) bond motifs is 5. The molecule has 0 radical (unpaired) electrons. The van der Waals surface area contributed by atoms with Gasteiger partial charge in [0.1, 0.15) is 55.1 Å². The molecule has 5 heterocycles. The number of nitrogens with zero attached hydrogens (tertiary/aromatic N) is 4. The zero-order valence-electron chi connectivity index (χ0n) is 50.6. The number of cyclic esters (lactones) is 1. The Bertz CT molecular complexity index is 3650. The fourth-order valence-electron chi connectivity index (χ4n) is 10.8. The van der Waals surface area contributed by atoms with Crippen LogP contribution in [-0.2, 0) is 98.5 Å². The van der Waals surface area contributed by atoms with Gasteiger partial charge >= 0.3 is 18.0 Å². The summed E-state index contributed by atoms with van der Waals surface area (Å²) in [6.07, 6.45) is 0.105. The fourth-order valence-corrected chi connectivity index (χ4v) is 10.8. The van der Waals surface area contributed by atoms with Crippen LogP contribution < -0.4 is 37.5 Å². The first-order valence-corrected chi connectivity index (χ1v) is 28.8. The molecule has 0 spiro atoms. The number of benzene rings is 2. The summed E-state index contributed by atoms with van der Waals surface area (Å²) in [5.74, 6) is -9.13. The van der Waals surface area contributed by atoms with Crippen molar-refractivity contribution in [2.45, 2.75) is 142 Å². The van der Waals surface area contributed by atoms with Gasteiger partial charge in [-0.2, -0.15) is 0 Å². The minimum atomic E-state index is -2.08. The number of carbonyl (C=O) groups excluding carboxylic acids is 11. The van der Waals surface area contributed by atoms with Crippen LogP contribution in [0.15, 0.2) is 59.4 Å². The number of ether oxygens (including phenoxy) is 4. The van der Waals surface area contributed by atoms with E-state index in [4.69, 9.17) is 23.9 Å². The zero-order valence-corrected chi connectivity index (χ0v) is 50.6. The number of aromatic nitrogens is 2. The third-order valence-electron chi connectivity index (χ3n) is 15.1. The zero-order chi connectivity index (χ0) is 65.0. The molecule has 0 fully saturated rings. The van der Waals surface area contributed by atoms with E-state index in [0.29, 0.717) is 62.3 Å². The minimum absolute atomic E-state index is 0.0197. The SMILES string of the molecule is CC[C@@]1(O)C(=O)OCc2c1cc1n(c2=O)Cc2c-1nc1cc(F)c(C)c3c1c2[C@@H](NC(=O)[C@H](C)OCNC(=O)CNC(=O)[C@H](Cc1ccccc1)NC(=O)CNC(=O)CNC(=O)[C@@H](CN(CC(=O)OC(C)(C)C)C(=O)OC(C)(C)C)N1C(=O)C=CC1=O)CC3. The monoisotopic (exact) mass is 1230 g/mol. The summed E-state index contributed by atoms with van der Waals surface area (Å²) >= 11 is 0. The molecule has 2 aromatic carbocycles. The second-order valence-electron chi connectivity index (χ2n) is 23.8. The number of imide groups is 1. The topological polar surface area (TPSA) is 358 Å². The molecule has 2 aromatic heterocycles. The molecule has 1 aliphatic carbocycles. The van der Waals surface area contributed by atoms with E-state index in [1.807, 2.05) is 0 Å². The van der Waals surface area contributed by atoms with Crippen LogP contribution >= 0.6 is 0 Å². The van der Waals surface area contributed by atoms with Crippen molar-refractivity contribution in [1.29, 1.82) is 0 Å². The molecular formula is C61H71FN10O17. The highest BCUT2D eigenvalue weighted by molar-refractivity contribution is 6.15. The number of amides is 9. The molecule has 0 saturated heterocycles. The summed E-state index contributed by atoms with van der Waals surface area (Å²) in [6.45, 7) is 9.67. The first-order chi connectivity index (χ1) is 41.9. The predicted octanol–water partition coefficient (Wildman–Crippen LogP) is 1.06. The molecule has 27 nitrogen and oxygen atoms in total. The molecular weight excluding hydrogens is 1160 g/mol. The summed E-state index contributed by atoms with van der Waals surface area (Å²) in [4.78, 5) is 166. The van der Waals surface area contributed by atoms with Crippen LogP contribution in [0.4, 0.5) is 9.18 Å². The van der Waals surface area contributed by atoms with Gasteiger partial charge in [-0.3, -0.25) is 57.7 Å². The first kappa shape index (κ1) is 65.5. The smallest absolute Gasteiger partial charge is 0.410 e. The summed E-state index contributed by atoms with van der Waals surface area (Å²) in [7, 11) is 0. The van der Waals surface area contributed by atoms with E-state index < -0.39 is 157 Å². The van der Waals surface area contributed by atoms with Crippen LogP contribution in [0.2, 0.25) is 0 Å². The molecule has 8 rings (SSSR count). The number of rotatable bonds is 22. The summed E-state index contributed by atoms with van der Waals surface area (Å²) in [5.41, 5.74) is -0.565. The van der Waals surface area contributed by atoms with Gasteiger partial charge in [-0.05, 0) is 103 Å². The lowest BCUT2D eigenvalue weighted by Crippen LogP contribution is -2.57. The van der Waals surface area contributed by atoms with Gasteiger partial charge in [0.2, 0.25) is 35.4 Å². The number of hydrogen-bond acceptors (Lipinski definition) is 18. The van der Waals surface area contributed by atoms with Gasteiger partial charge in [-0.1, -0.05) is 37.3 Å². The molecule has 89 heavy (non-hydrogen) atoms. The van der Waals surface area contributed by atoms with Crippen molar-refractivity contribution in [2.75, 3.05) is 39.5 Å². The Labute approximate surface area is 509 Å². The summed E-state index contributed by atoms with van der Waals surface area (Å²) < 4.78 is 38.7. The lowest BCUT2D eigenvalue weighted by molar-refractivity contribution is -0.172. The Hall–Kier alpha value is -9.44. The van der Waals surface area contributed by atoms with Crippen molar-refractivity contribution in [3.05, 3.63) is 110 Å². The summed E-state index contributed by atoms with van der Waals surface area (Å²) in [5, 5.41) is 27.1. The van der Waals surface area contributed by atoms with Gasteiger partial charge in [-0.15, -0.1) is 0 Å². The standard InChI is InChI=1S/C61H71FN10O17/c1-10-61(85)37-21-42-52-35(26-71(42)56(82)36(37)29-86-57(61)83)51-39(17-16-34-31(2)38(62)22-40(68-52)50(34)51)69-53(79)32(3)87-30-66-45(74)24-64-54(80)41(20-33-14-12-11-13-15-33)67-46(75)25-63-44(73)23-65-55(81)43(72-47(76)18-19-48(72)77)27-70(58(84)89-60(7,8)9)28-49(78)88-59(4,5)6/h11-15,18-19,21-22,32,39,41,43,85H,10,16-17,20,23-30H2,1-9H3,(H,63,73)(H,64,80)(H,65,81)(H,66,74)(H,67,75)(H,69,79)/t32-,39-,41-,43+,61-/m0/s1. The van der Waals surface area contributed by atoms with Gasteiger partial charge in [-0.25, -0.2) is 19.0 Å². The first-order valence-electron chi connectivity index (χ1n) is 28.8. The lowest BCUT2D eigenvalue weighted by atomic mass is 9.81. The maximum Gasteiger partial charge on any atom is 0.410 e. The number of pyridine rings is 2. The van der Waals surface area contributed by atoms with Gasteiger partial charge in [0, 0.05) is 41.2 Å². The number of halogens is 1. The number of nitrogens with one attached hydrogen (secondary N) is 6. The largest absolute Gasteiger partial charge is 0.459 e. The van der Waals surface area contributed by atoms with Gasteiger partial charge in [0.15, 0.2) is 5.60 Å². The van der Waals surface area contributed by atoms with Crippen molar-refractivity contribution in [3.8, 4) is 11.4 Å². The molecule has 474 valence electrons. The van der Waals surface area contributed by atoms with Crippen LogP contribution in [0.25, 0.3) is 22.3 Å². The van der Waals surface area contributed by atoms with Crippen molar-refractivity contribution in [3.63, 3.8) is 0 Å². The highest BCUT2D eigenvalue weighted by Crippen LogP contribution is 2.46. The number of esters is 2. The molecule has 0 saturated carbocycles. The quantitative estimate of drug-likeness (QED) is 0.0220. The second kappa shape index (κ2) is 26.5.